The van der Waals surface area contributed by atoms with Gasteiger partial charge in [-0.05, 0) is 98.2 Å². The monoisotopic (exact) mass is 448 g/mol. The highest BCUT2D eigenvalue weighted by molar-refractivity contribution is 5.78. The Hall–Kier alpha value is -1.14. The van der Waals surface area contributed by atoms with Crippen LogP contribution in [0.5, 0.6) is 0 Å². The zero-order valence-corrected chi connectivity index (χ0v) is 20.1. The first-order chi connectivity index (χ1) is 15.3. The molecule has 4 aliphatic carbocycles. The van der Waals surface area contributed by atoms with E-state index in [4.69, 9.17) is 5.21 Å². The topological polar surface area (TPSA) is 98.7 Å². The Morgan fingerprint density at radius 1 is 0.938 bits per heavy atom. The number of hydrogen-bond acceptors (Lipinski definition) is 4. The number of amides is 2. The van der Waals surface area contributed by atoms with Crippen LogP contribution in [-0.4, -0.2) is 34.8 Å². The summed E-state index contributed by atoms with van der Waals surface area (Å²) in [7, 11) is 0. The lowest BCUT2D eigenvalue weighted by Crippen LogP contribution is -2.57. The second kappa shape index (κ2) is 9.61. The van der Waals surface area contributed by atoms with E-state index in [9.17, 15) is 14.7 Å². The van der Waals surface area contributed by atoms with Gasteiger partial charge in [0.25, 0.3) is 0 Å². The van der Waals surface area contributed by atoms with Crippen LogP contribution in [0.4, 0.5) is 0 Å². The highest BCUT2D eigenvalue weighted by Gasteiger charge is 2.61. The van der Waals surface area contributed by atoms with E-state index in [0.29, 0.717) is 40.9 Å². The van der Waals surface area contributed by atoms with E-state index in [1.807, 2.05) is 0 Å². The number of aliphatic hydroxyl groups excluding tert-OH is 1. The van der Waals surface area contributed by atoms with Crippen molar-refractivity contribution in [1.29, 1.82) is 0 Å². The van der Waals surface area contributed by atoms with E-state index in [2.05, 4.69) is 19.2 Å². The fraction of sp³-hybridized carbons (Fsp3) is 0.923. The molecule has 0 saturated heterocycles. The molecule has 182 valence electrons. The highest BCUT2D eigenvalue weighted by atomic mass is 16.5. The summed E-state index contributed by atoms with van der Waals surface area (Å²) in [6, 6.07) is 0. The predicted molar refractivity (Wildman–Crippen MR) is 123 cm³/mol. The van der Waals surface area contributed by atoms with E-state index >= 15 is 0 Å². The summed E-state index contributed by atoms with van der Waals surface area (Å²) < 4.78 is 0. The molecule has 4 N–H and O–H groups in total. The second-order valence-electron chi connectivity index (χ2n) is 11.9. The lowest BCUT2D eigenvalue weighted by atomic mass is 9.44. The molecule has 8 atom stereocenters. The summed E-state index contributed by atoms with van der Waals surface area (Å²) in [6.45, 7) is 5.30. The van der Waals surface area contributed by atoms with Gasteiger partial charge in [0.2, 0.25) is 11.8 Å². The zero-order chi connectivity index (χ0) is 22.9. The SMILES string of the molecule is CC12CCC3C(C(O)CC4CCCCC43C)C1CCC2CCCC(=O)NCCC(=O)NO. The van der Waals surface area contributed by atoms with E-state index in [1.54, 1.807) is 5.48 Å². The molecule has 32 heavy (non-hydrogen) atoms. The molecule has 0 spiro atoms. The normalized spacial score (nSPS) is 43.0. The number of nitrogens with one attached hydrogen (secondary N) is 2. The quantitative estimate of drug-likeness (QED) is 0.347. The molecule has 0 bridgehead atoms. The van der Waals surface area contributed by atoms with Gasteiger partial charge in [0.05, 0.1) is 6.10 Å². The van der Waals surface area contributed by atoms with Gasteiger partial charge in [0.1, 0.15) is 0 Å². The molecule has 0 aliphatic heterocycles. The average molecular weight is 449 g/mol. The third-order valence-electron chi connectivity index (χ3n) is 10.6. The molecule has 4 saturated carbocycles. The van der Waals surface area contributed by atoms with E-state index in [-0.39, 0.29) is 25.0 Å². The van der Waals surface area contributed by atoms with Crippen LogP contribution < -0.4 is 10.8 Å². The maximum absolute atomic E-state index is 12.1. The van der Waals surface area contributed by atoms with E-state index in [1.165, 1.54) is 51.4 Å². The molecule has 4 rings (SSSR count). The van der Waals surface area contributed by atoms with Crippen molar-refractivity contribution in [3.05, 3.63) is 0 Å². The molecule has 6 heteroatoms. The Morgan fingerprint density at radius 3 is 2.50 bits per heavy atom. The summed E-state index contributed by atoms with van der Waals surface area (Å²) in [4.78, 5) is 23.2. The number of hydroxylamine groups is 1. The minimum atomic E-state index is -0.482. The molecule has 6 nitrogen and oxygen atoms in total. The molecule has 0 aromatic heterocycles. The fourth-order valence-electron chi connectivity index (χ4n) is 8.81. The van der Waals surface area contributed by atoms with Crippen molar-refractivity contribution in [2.45, 2.75) is 103 Å². The van der Waals surface area contributed by atoms with Crippen LogP contribution in [0.3, 0.4) is 0 Å². The Morgan fingerprint density at radius 2 is 1.72 bits per heavy atom. The maximum Gasteiger partial charge on any atom is 0.245 e. The summed E-state index contributed by atoms with van der Waals surface area (Å²) in [5.74, 6) is 2.66. The van der Waals surface area contributed by atoms with Crippen LogP contribution in [0.2, 0.25) is 0 Å². The smallest absolute Gasteiger partial charge is 0.245 e. The Labute approximate surface area is 193 Å². The lowest BCUT2D eigenvalue weighted by Gasteiger charge is -2.62. The minimum absolute atomic E-state index is 0.0156. The number of carbonyl (C=O) groups excluding carboxylic acids is 2. The van der Waals surface area contributed by atoms with Crippen molar-refractivity contribution >= 4 is 11.8 Å². The minimum Gasteiger partial charge on any atom is -0.393 e. The first kappa shape index (κ1) is 24.0. The lowest BCUT2D eigenvalue weighted by molar-refractivity contribution is -0.162. The van der Waals surface area contributed by atoms with Crippen molar-refractivity contribution < 1.29 is 19.9 Å². The van der Waals surface area contributed by atoms with Crippen LogP contribution in [0.1, 0.15) is 97.3 Å². The molecule has 0 aromatic rings. The van der Waals surface area contributed by atoms with Gasteiger partial charge >= 0.3 is 0 Å². The molecular formula is C26H44N2O4. The molecule has 4 aliphatic rings. The third-order valence-corrected chi connectivity index (χ3v) is 10.6. The largest absolute Gasteiger partial charge is 0.393 e. The summed E-state index contributed by atoms with van der Waals surface area (Å²) in [5.41, 5.74) is 2.32. The molecule has 2 amide bonds. The van der Waals surface area contributed by atoms with Crippen molar-refractivity contribution in [3.8, 4) is 0 Å². The average Bonchev–Trinajstić information content (AvgIpc) is 3.10. The van der Waals surface area contributed by atoms with Crippen molar-refractivity contribution in [3.63, 3.8) is 0 Å². The summed E-state index contributed by atoms with van der Waals surface area (Å²) >= 11 is 0. The first-order valence-corrected chi connectivity index (χ1v) is 13.2. The second-order valence-corrected chi connectivity index (χ2v) is 11.9. The summed E-state index contributed by atoms with van der Waals surface area (Å²) in [5, 5.41) is 22.6. The Kier molecular flexibility index (Phi) is 7.21. The molecule has 4 fully saturated rings. The van der Waals surface area contributed by atoms with Crippen LogP contribution in [0, 0.1) is 40.4 Å². The van der Waals surface area contributed by atoms with Crippen LogP contribution >= 0.6 is 0 Å². The molecule has 0 aromatic carbocycles. The van der Waals surface area contributed by atoms with Gasteiger partial charge in [0, 0.05) is 19.4 Å². The zero-order valence-electron chi connectivity index (χ0n) is 20.1. The van der Waals surface area contributed by atoms with Crippen LogP contribution in [-0.2, 0) is 9.59 Å². The van der Waals surface area contributed by atoms with Gasteiger partial charge in [-0.3, -0.25) is 14.8 Å². The van der Waals surface area contributed by atoms with Crippen molar-refractivity contribution in [2.75, 3.05) is 6.54 Å². The number of hydrogen-bond donors (Lipinski definition) is 4. The van der Waals surface area contributed by atoms with Gasteiger partial charge in [-0.1, -0.05) is 26.7 Å². The van der Waals surface area contributed by atoms with E-state index in [0.717, 1.165) is 25.2 Å². The Balaban J connectivity index is 1.32. The van der Waals surface area contributed by atoms with Gasteiger partial charge in [-0.2, -0.15) is 0 Å². The number of rotatable bonds is 7. The predicted octanol–water partition coefficient (Wildman–Crippen LogP) is 4.19. The molecular weight excluding hydrogens is 404 g/mol. The molecule has 0 radical (unpaired) electrons. The van der Waals surface area contributed by atoms with Crippen LogP contribution in [0.25, 0.3) is 0 Å². The third kappa shape index (κ3) is 4.34. The number of aliphatic hydroxyl groups is 1. The number of carbonyl (C=O) groups is 2. The summed E-state index contributed by atoms with van der Waals surface area (Å²) in [6.07, 6.45) is 13.8. The van der Waals surface area contributed by atoms with Crippen molar-refractivity contribution in [1.82, 2.24) is 10.8 Å². The van der Waals surface area contributed by atoms with Gasteiger partial charge < -0.3 is 10.4 Å². The fourth-order valence-corrected chi connectivity index (χ4v) is 8.81. The van der Waals surface area contributed by atoms with Crippen LogP contribution in [0.15, 0.2) is 0 Å². The highest BCUT2D eigenvalue weighted by Crippen LogP contribution is 2.67. The molecule has 8 unspecified atom stereocenters. The van der Waals surface area contributed by atoms with Crippen molar-refractivity contribution in [2.24, 2.45) is 40.4 Å². The maximum atomic E-state index is 12.1. The Bertz CT molecular complexity index is 699. The van der Waals surface area contributed by atoms with Gasteiger partial charge in [0.15, 0.2) is 0 Å². The van der Waals surface area contributed by atoms with E-state index < -0.39 is 5.91 Å². The first-order valence-electron chi connectivity index (χ1n) is 13.2. The van der Waals surface area contributed by atoms with Gasteiger partial charge in [-0.25, -0.2) is 5.48 Å². The molecule has 0 heterocycles. The van der Waals surface area contributed by atoms with Gasteiger partial charge in [-0.15, -0.1) is 0 Å². The standard InChI is InChI=1S/C26H44N2O4/c1-25-13-4-3-6-18(25)16-21(29)24-19-10-9-17(26(19,2)14-11-20(24)25)7-5-8-22(30)27-15-12-23(31)28-32/h17-21,24,29,32H,3-16H2,1-2H3,(H,27,30)(H,28,31). The number of fused-ring (bicyclic) bond motifs is 5.